The normalized spacial score (nSPS) is 10.2. The van der Waals surface area contributed by atoms with Crippen LogP contribution in [0.2, 0.25) is 0 Å². The summed E-state index contributed by atoms with van der Waals surface area (Å²) in [6, 6.07) is 8.02. The minimum Gasteiger partial charge on any atom is -0.494 e. The Hall–Kier alpha value is -3.23. The van der Waals surface area contributed by atoms with Crippen molar-refractivity contribution < 1.29 is 37.0 Å². The first-order chi connectivity index (χ1) is 12.9. The van der Waals surface area contributed by atoms with E-state index < -0.39 is 48.2 Å². The Morgan fingerprint density at radius 3 is 2.15 bits per heavy atom. The maximum Gasteiger partial charge on any atom is 0.344 e. The molecule has 0 aliphatic rings. The van der Waals surface area contributed by atoms with Crippen molar-refractivity contribution in [3.05, 3.63) is 53.8 Å². The number of esters is 1. The van der Waals surface area contributed by atoms with Gasteiger partial charge in [-0.25, -0.2) is 18.0 Å². The summed E-state index contributed by atoms with van der Waals surface area (Å²) in [5.41, 5.74) is -0.569. The summed E-state index contributed by atoms with van der Waals surface area (Å²) in [7, 11) is 0. The third-order valence-electron chi connectivity index (χ3n) is 3.16. The van der Waals surface area contributed by atoms with Crippen LogP contribution in [0.3, 0.4) is 0 Å². The van der Waals surface area contributed by atoms with Gasteiger partial charge in [0.15, 0.2) is 30.7 Å². The molecule has 2 aromatic carbocycles. The minimum absolute atomic E-state index is 0.392. The lowest BCUT2D eigenvalue weighted by atomic mass is 10.3. The van der Waals surface area contributed by atoms with E-state index in [1.165, 1.54) is 0 Å². The molecule has 0 fully saturated rings. The third-order valence-corrected chi connectivity index (χ3v) is 3.16. The number of rotatable bonds is 8. The lowest BCUT2D eigenvalue weighted by Crippen LogP contribution is -2.24. The monoisotopic (exact) mass is 383 g/mol. The number of ether oxygens (including phenoxy) is 3. The molecule has 1 amide bonds. The Morgan fingerprint density at radius 1 is 0.889 bits per heavy atom. The summed E-state index contributed by atoms with van der Waals surface area (Å²) < 4.78 is 54.4. The van der Waals surface area contributed by atoms with Crippen LogP contribution in [0.1, 0.15) is 6.92 Å². The van der Waals surface area contributed by atoms with Crippen LogP contribution < -0.4 is 14.8 Å². The van der Waals surface area contributed by atoms with E-state index in [2.05, 4.69) is 4.74 Å². The average molecular weight is 383 g/mol. The molecule has 144 valence electrons. The first-order valence-electron chi connectivity index (χ1n) is 7.85. The van der Waals surface area contributed by atoms with Crippen LogP contribution in [0.4, 0.5) is 18.9 Å². The van der Waals surface area contributed by atoms with E-state index in [0.29, 0.717) is 24.2 Å². The topological polar surface area (TPSA) is 73.9 Å². The van der Waals surface area contributed by atoms with Crippen LogP contribution in [0.5, 0.6) is 11.5 Å². The molecule has 0 unspecified atom stereocenters. The first-order valence-corrected chi connectivity index (χ1v) is 7.85. The zero-order valence-corrected chi connectivity index (χ0v) is 14.3. The number of amides is 1. The van der Waals surface area contributed by atoms with Gasteiger partial charge in [-0.3, -0.25) is 4.79 Å². The van der Waals surface area contributed by atoms with E-state index in [9.17, 15) is 22.8 Å². The molecule has 0 aromatic heterocycles. The average Bonchev–Trinajstić information content (AvgIpc) is 2.66. The predicted octanol–water partition coefficient (Wildman–Crippen LogP) is 3.06. The van der Waals surface area contributed by atoms with Crippen molar-refractivity contribution in [2.45, 2.75) is 6.92 Å². The van der Waals surface area contributed by atoms with E-state index in [1.54, 1.807) is 24.3 Å². The Morgan fingerprint density at radius 2 is 1.52 bits per heavy atom. The van der Waals surface area contributed by atoms with Gasteiger partial charge in [-0.2, -0.15) is 0 Å². The van der Waals surface area contributed by atoms with Crippen molar-refractivity contribution in [1.29, 1.82) is 0 Å². The number of nitrogens with one attached hydrogen (secondary N) is 1. The van der Waals surface area contributed by atoms with Gasteiger partial charge < -0.3 is 19.5 Å². The fourth-order valence-electron chi connectivity index (χ4n) is 1.94. The van der Waals surface area contributed by atoms with Crippen LogP contribution in [0, 0.1) is 17.5 Å². The fourth-order valence-corrected chi connectivity index (χ4v) is 1.94. The first kappa shape index (κ1) is 20.1. The highest BCUT2D eigenvalue weighted by molar-refractivity contribution is 5.93. The Kier molecular flexibility index (Phi) is 7.04. The van der Waals surface area contributed by atoms with Crippen LogP contribution in [0.15, 0.2) is 36.4 Å². The number of hydrogen-bond donors (Lipinski definition) is 1. The van der Waals surface area contributed by atoms with Gasteiger partial charge in [-0.1, -0.05) is 0 Å². The minimum atomic E-state index is -1.71. The molecule has 0 saturated carbocycles. The Bertz CT molecular complexity index is 811. The lowest BCUT2D eigenvalue weighted by molar-refractivity contribution is -0.149. The molecule has 0 bridgehead atoms. The molecule has 9 heteroatoms. The van der Waals surface area contributed by atoms with Gasteiger partial charge in [0.25, 0.3) is 5.91 Å². The highest BCUT2D eigenvalue weighted by atomic mass is 19.2. The van der Waals surface area contributed by atoms with Crippen molar-refractivity contribution in [1.82, 2.24) is 0 Å². The van der Waals surface area contributed by atoms with Crippen molar-refractivity contribution in [3.63, 3.8) is 0 Å². The van der Waals surface area contributed by atoms with E-state index >= 15 is 0 Å². The molecule has 6 nitrogen and oxygen atoms in total. The van der Waals surface area contributed by atoms with Gasteiger partial charge in [-0.05, 0) is 43.3 Å². The van der Waals surface area contributed by atoms with Crippen LogP contribution in [-0.2, 0) is 14.3 Å². The number of halogens is 3. The second-order valence-electron chi connectivity index (χ2n) is 5.12. The molecule has 2 rings (SSSR count). The van der Waals surface area contributed by atoms with Gasteiger partial charge in [0.05, 0.1) is 12.3 Å². The molecule has 0 saturated heterocycles. The number of benzene rings is 2. The molecule has 0 aliphatic heterocycles. The standard InChI is InChI=1S/C18H16F3NO5/c1-2-25-11-3-5-12(6-4-11)26-10-16(24)27-9-15(23)22-14-8-7-13(19)17(20)18(14)21/h3-8H,2,9-10H2,1H3,(H,22,23). The summed E-state index contributed by atoms with van der Waals surface area (Å²) in [4.78, 5) is 23.2. The zero-order valence-electron chi connectivity index (χ0n) is 14.3. The highest BCUT2D eigenvalue weighted by Gasteiger charge is 2.16. The molecule has 0 atom stereocenters. The van der Waals surface area contributed by atoms with Gasteiger partial charge in [-0.15, -0.1) is 0 Å². The summed E-state index contributed by atoms with van der Waals surface area (Å²) in [5.74, 6) is -5.37. The smallest absolute Gasteiger partial charge is 0.344 e. The summed E-state index contributed by atoms with van der Waals surface area (Å²) in [5, 5.41) is 1.97. The molecular formula is C18H16F3NO5. The SMILES string of the molecule is CCOc1ccc(OCC(=O)OCC(=O)Nc2ccc(F)c(F)c2F)cc1. The quantitative estimate of drug-likeness (QED) is 0.560. The molecule has 0 heterocycles. The molecular weight excluding hydrogens is 367 g/mol. The largest absolute Gasteiger partial charge is 0.494 e. The maximum atomic E-state index is 13.4. The maximum absolute atomic E-state index is 13.4. The van der Waals surface area contributed by atoms with Crippen LogP contribution >= 0.6 is 0 Å². The fraction of sp³-hybridized carbons (Fsp3) is 0.222. The van der Waals surface area contributed by atoms with Crippen molar-refractivity contribution in [2.24, 2.45) is 0 Å². The van der Waals surface area contributed by atoms with E-state index in [4.69, 9.17) is 9.47 Å². The molecule has 0 spiro atoms. The van der Waals surface area contributed by atoms with Gasteiger partial charge in [0.2, 0.25) is 0 Å². The number of carbonyl (C=O) groups excluding carboxylic acids is 2. The summed E-state index contributed by atoms with van der Waals surface area (Å²) >= 11 is 0. The van der Waals surface area contributed by atoms with Gasteiger partial charge in [0.1, 0.15) is 11.5 Å². The highest BCUT2D eigenvalue weighted by Crippen LogP contribution is 2.19. The summed E-state index contributed by atoms with van der Waals surface area (Å²) in [6.07, 6.45) is 0. The van der Waals surface area contributed by atoms with E-state index in [0.717, 1.165) is 6.07 Å². The molecule has 1 N–H and O–H groups in total. The lowest BCUT2D eigenvalue weighted by Gasteiger charge is -2.09. The predicted molar refractivity (Wildman–Crippen MR) is 89.0 cm³/mol. The second kappa shape index (κ2) is 9.46. The summed E-state index contributed by atoms with van der Waals surface area (Å²) in [6.45, 7) is 1.16. The van der Waals surface area contributed by atoms with Crippen molar-refractivity contribution >= 4 is 17.6 Å². The number of carbonyl (C=O) groups is 2. The van der Waals surface area contributed by atoms with Crippen LogP contribution in [-0.4, -0.2) is 31.7 Å². The van der Waals surface area contributed by atoms with Crippen molar-refractivity contribution in [2.75, 3.05) is 25.1 Å². The molecule has 2 aromatic rings. The number of hydrogen-bond acceptors (Lipinski definition) is 5. The Balaban J connectivity index is 1.76. The molecule has 27 heavy (non-hydrogen) atoms. The second-order valence-corrected chi connectivity index (χ2v) is 5.12. The molecule has 0 radical (unpaired) electrons. The zero-order chi connectivity index (χ0) is 19.8. The number of anilines is 1. The van der Waals surface area contributed by atoms with E-state index in [-0.39, 0.29) is 0 Å². The van der Waals surface area contributed by atoms with E-state index in [1.807, 2.05) is 12.2 Å². The van der Waals surface area contributed by atoms with Crippen LogP contribution in [0.25, 0.3) is 0 Å². The van der Waals surface area contributed by atoms with Crippen molar-refractivity contribution in [3.8, 4) is 11.5 Å². The van der Waals surface area contributed by atoms with Gasteiger partial charge >= 0.3 is 5.97 Å². The van der Waals surface area contributed by atoms with Gasteiger partial charge in [0, 0.05) is 0 Å². The Labute approximate surface area is 152 Å². The third kappa shape index (κ3) is 5.91. The molecule has 0 aliphatic carbocycles.